The smallest absolute Gasteiger partial charge is 0.0272 e. The Kier molecular flexibility index (Phi) is 4.90. The number of nitrogens with two attached hydrogens (primary N) is 1. The van der Waals surface area contributed by atoms with Crippen molar-refractivity contribution in [3.8, 4) is 0 Å². The minimum atomic E-state index is 0.453. The quantitative estimate of drug-likeness (QED) is 0.647. The van der Waals surface area contributed by atoms with Gasteiger partial charge in [0.1, 0.15) is 0 Å². The Bertz CT molecular complexity index is 142. The molecule has 0 bridgehead atoms. The molecular formula is C12H26N2. The van der Waals surface area contributed by atoms with Crippen molar-refractivity contribution >= 4 is 0 Å². The van der Waals surface area contributed by atoms with Crippen LogP contribution in [-0.2, 0) is 0 Å². The van der Waals surface area contributed by atoms with Gasteiger partial charge in [-0.2, -0.15) is 0 Å². The average molecular weight is 198 g/mol. The van der Waals surface area contributed by atoms with E-state index in [0.717, 1.165) is 5.92 Å². The molecule has 0 spiro atoms. The Balaban J connectivity index is 0.000000461. The van der Waals surface area contributed by atoms with Crippen LogP contribution >= 0.6 is 0 Å². The second kappa shape index (κ2) is 5.72. The number of likely N-dealkylation sites (N-methyl/N-ethyl adjacent to an activating group) is 1. The van der Waals surface area contributed by atoms with E-state index < -0.39 is 0 Å². The van der Waals surface area contributed by atoms with Crippen LogP contribution in [0.4, 0.5) is 0 Å². The van der Waals surface area contributed by atoms with E-state index in [4.69, 9.17) is 5.73 Å². The Morgan fingerprint density at radius 2 is 1.71 bits per heavy atom. The van der Waals surface area contributed by atoms with Gasteiger partial charge in [-0.25, -0.2) is 0 Å². The van der Waals surface area contributed by atoms with Crippen molar-refractivity contribution < 1.29 is 0 Å². The van der Waals surface area contributed by atoms with Gasteiger partial charge in [-0.15, -0.1) is 0 Å². The van der Waals surface area contributed by atoms with Gasteiger partial charge in [-0.05, 0) is 45.2 Å². The van der Waals surface area contributed by atoms with Gasteiger partial charge in [0.15, 0.2) is 0 Å². The van der Waals surface area contributed by atoms with Crippen molar-refractivity contribution in [1.29, 1.82) is 0 Å². The molecule has 1 saturated carbocycles. The van der Waals surface area contributed by atoms with Crippen LogP contribution in [0.3, 0.4) is 0 Å². The molecule has 1 heterocycles. The number of nitrogens with zero attached hydrogens (tertiary/aromatic N) is 1. The molecule has 1 aliphatic carbocycles. The molecule has 0 radical (unpaired) electrons. The van der Waals surface area contributed by atoms with Crippen molar-refractivity contribution in [1.82, 2.24) is 4.90 Å². The highest BCUT2D eigenvalue weighted by atomic mass is 15.2. The number of piperidine rings is 1. The summed E-state index contributed by atoms with van der Waals surface area (Å²) in [7, 11) is 2.24. The summed E-state index contributed by atoms with van der Waals surface area (Å²) in [5, 5.41) is 0. The maximum absolute atomic E-state index is 6.14. The van der Waals surface area contributed by atoms with E-state index in [-0.39, 0.29) is 0 Å². The van der Waals surface area contributed by atoms with Gasteiger partial charge in [0, 0.05) is 12.1 Å². The van der Waals surface area contributed by atoms with Gasteiger partial charge in [-0.3, -0.25) is 0 Å². The first-order valence-electron chi connectivity index (χ1n) is 6.25. The average Bonchev–Trinajstić information content (AvgIpc) is 2.21. The fraction of sp³-hybridized carbons (Fsp3) is 1.00. The van der Waals surface area contributed by atoms with Gasteiger partial charge in [0.2, 0.25) is 0 Å². The van der Waals surface area contributed by atoms with E-state index >= 15 is 0 Å². The zero-order valence-electron chi connectivity index (χ0n) is 10.00. The van der Waals surface area contributed by atoms with Crippen LogP contribution in [0.5, 0.6) is 0 Å². The summed E-state index contributed by atoms with van der Waals surface area (Å²) in [5.74, 6) is 0.910. The van der Waals surface area contributed by atoms with E-state index in [1.165, 1.54) is 38.6 Å². The molecule has 2 aliphatic rings. The molecule has 3 unspecified atom stereocenters. The van der Waals surface area contributed by atoms with Gasteiger partial charge < -0.3 is 10.6 Å². The first kappa shape index (κ1) is 12.0. The predicted molar refractivity (Wildman–Crippen MR) is 62.3 cm³/mol. The van der Waals surface area contributed by atoms with Crippen molar-refractivity contribution in [2.75, 3.05) is 13.6 Å². The lowest BCUT2D eigenvalue weighted by molar-refractivity contribution is 0.0679. The lowest BCUT2D eigenvalue weighted by Crippen LogP contribution is -2.55. The SMILES string of the molecule is CC.CN1CCCC2CCCC(N)C21. The van der Waals surface area contributed by atoms with Crippen LogP contribution < -0.4 is 5.73 Å². The molecule has 2 heteroatoms. The largest absolute Gasteiger partial charge is 0.326 e. The molecule has 1 saturated heterocycles. The second-order valence-electron chi connectivity index (χ2n) is 4.47. The summed E-state index contributed by atoms with van der Waals surface area (Å²) < 4.78 is 0. The lowest BCUT2D eigenvalue weighted by Gasteiger charge is -2.45. The summed E-state index contributed by atoms with van der Waals surface area (Å²) >= 11 is 0. The van der Waals surface area contributed by atoms with E-state index in [9.17, 15) is 0 Å². The van der Waals surface area contributed by atoms with Crippen LogP contribution in [0.2, 0.25) is 0 Å². The summed E-state index contributed by atoms with van der Waals surface area (Å²) in [6, 6.07) is 1.15. The Labute approximate surface area is 88.8 Å². The third-order valence-corrected chi connectivity index (χ3v) is 3.63. The van der Waals surface area contributed by atoms with Crippen LogP contribution in [-0.4, -0.2) is 30.6 Å². The summed E-state index contributed by atoms with van der Waals surface area (Å²) in [5.41, 5.74) is 6.14. The molecule has 14 heavy (non-hydrogen) atoms. The molecule has 2 nitrogen and oxygen atoms in total. The molecule has 0 aromatic rings. The van der Waals surface area contributed by atoms with E-state index in [2.05, 4.69) is 11.9 Å². The van der Waals surface area contributed by atoms with Gasteiger partial charge >= 0.3 is 0 Å². The van der Waals surface area contributed by atoms with Gasteiger partial charge in [-0.1, -0.05) is 20.3 Å². The second-order valence-corrected chi connectivity index (χ2v) is 4.47. The highest BCUT2D eigenvalue weighted by molar-refractivity contribution is 4.93. The van der Waals surface area contributed by atoms with E-state index in [1.807, 2.05) is 13.8 Å². The summed E-state index contributed by atoms with van der Waals surface area (Å²) in [6.07, 6.45) is 6.82. The maximum atomic E-state index is 6.14. The van der Waals surface area contributed by atoms with Crippen LogP contribution in [0, 0.1) is 5.92 Å². The maximum Gasteiger partial charge on any atom is 0.0272 e. The topological polar surface area (TPSA) is 29.3 Å². The predicted octanol–water partition coefficient (Wildman–Crippen LogP) is 2.23. The third kappa shape index (κ3) is 2.48. The molecule has 84 valence electrons. The summed E-state index contributed by atoms with van der Waals surface area (Å²) in [4.78, 5) is 2.48. The standard InChI is InChI=1S/C10H20N2.C2H6/c1-12-7-3-5-8-4-2-6-9(11)10(8)12;1-2/h8-10H,2-7,11H2,1H3;1-2H3. The first-order chi connectivity index (χ1) is 6.79. The third-order valence-electron chi connectivity index (χ3n) is 3.63. The van der Waals surface area contributed by atoms with Crippen LogP contribution in [0.1, 0.15) is 46.0 Å². The van der Waals surface area contributed by atoms with E-state index in [0.29, 0.717) is 12.1 Å². The van der Waals surface area contributed by atoms with Crippen molar-refractivity contribution in [3.05, 3.63) is 0 Å². The lowest BCUT2D eigenvalue weighted by atomic mass is 9.76. The minimum Gasteiger partial charge on any atom is -0.326 e. The molecule has 2 N–H and O–H groups in total. The zero-order chi connectivity index (χ0) is 10.6. The molecule has 0 amide bonds. The van der Waals surface area contributed by atoms with Gasteiger partial charge in [0.25, 0.3) is 0 Å². The number of fused-ring (bicyclic) bond motifs is 1. The Morgan fingerprint density at radius 3 is 2.36 bits per heavy atom. The van der Waals surface area contributed by atoms with Crippen LogP contribution in [0.25, 0.3) is 0 Å². The highest BCUT2D eigenvalue weighted by Gasteiger charge is 2.35. The summed E-state index contributed by atoms with van der Waals surface area (Å²) in [6.45, 7) is 5.26. The number of hydrogen-bond donors (Lipinski definition) is 1. The molecule has 2 fully saturated rings. The zero-order valence-corrected chi connectivity index (χ0v) is 10.00. The minimum absolute atomic E-state index is 0.453. The number of hydrogen-bond acceptors (Lipinski definition) is 2. The normalized spacial score (nSPS) is 38.1. The fourth-order valence-corrected chi connectivity index (χ4v) is 3.06. The van der Waals surface area contributed by atoms with Crippen molar-refractivity contribution in [2.24, 2.45) is 11.7 Å². The molecular weight excluding hydrogens is 172 g/mol. The monoisotopic (exact) mass is 198 g/mol. The number of likely N-dealkylation sites (tertiary alicyclic amines) is 1. The molecule has 1 aliphatic heterocycles. The van der Waals surface area contributed by atoms with Crippen LogP contribution in [0.15, 0.2) is 0 Å². The van der Waals surface area contributed by atoms with Crippen molar-refractivity contribution in [2.45, 2.75) is 58.0 Å². The van der Waals surface area contributed by atoms with Crippen molar-refractivity contribution in [3.63, 3.8) is 0 Å². The number of rotatable bonds is 0. The van der Waals surface area contributed by atoms with E-state index in [1.54, 1.807) is 0 Å². The first-order valence-corrected chi connectivity index (χ1v) is 6.25. The molecule has 2 rings (SSSR count). The fourth-order valence-electron chi connectivity index (χ4n) is 3.06. The Hall–Kier alpha value is -0.0800. The molecule has 0 aromatic carbocycles. The highest BCUT2D eigenvalue weighted by Crippen LogP contribution is 2.33. The molecule has 0 aromatic heterocycles. The molecule has 3 atom stereocenters. The Morgan fingerprint density at radius 1 is 1.07 bits per heavy atom. The van der Waals surface area contributed by atoms with Gasteiger partial charge in [0.05, 0.1) is 0 Å².